The molecule has 0 aliphatic heterocycles. The Hall–Kier alpha value is -2.04. The van der Waals surface area contributed by atoms with Gasteiger partial charge in [0, 0.05) is 13.5 Å². The van der Waals surface area contributed by atoms with Gasteiger partial charge in [-0.2, -0.15) is 0 Å². The van der Waals surface area contributed by atoms with Crippen molar-refractivity contribution >= 4 is 11.7 Å². The summed E-state index contributed by atoms with van der Waals surface area (Å²) in [6.07, 6.45) is 1.12. The van der Waals surface area contributed by atoms with Crippen LogP contribution in [0.1, 0.15) is 17.5 Å². The fourth-order valence-electron chi connectivity index (χ4n) is 1.69. The number of nitrogens with zero attached hydrogens (tertiary/aromatic N) is 2. The first kappa shape index (κ1) is 14.0. The third-order valence-corrected chi connectivity index (χ3v) is 2.82. The van der Waals surface area contributed by atoms with Crippen LogP contribution in [0.3, 0.4) is 0 Å². The molecule has 0 saturated heterocycles. The van der Waals surface area contributed by atoms with Crippen LogP contribution in [-0.4, -0.2) is 35.4 Å². The number of hydrogen-bond donors (Lipinski definition) is 2. The van der Waals surface area contributed by atoms with Crippen molar-refractivity contribution < 1.29 is 10.0 Å². The molecule has 1 aromatic rings. The molecule has 0 aliphatic carbocycles. The van der Waals surface area contributed by atoms with Crippen molar-refractivity contribution in [1.29, 1.82) is 0 Å². The van der Waals surface area contributed by atoms with Crippen molar-refractivity contribution in [2.75, 3.05) is 13.6 Å². The standard InChI is InChI=1S/C13H19N3O2/c1-10-5-3-4-6-11(10)7-8-13(17)16(2)9-12(14)15-18/h3-6,18H,7-9H2,1-2H3,(H2,14,15). The molecule has 1 aromatic carbocycles. The fourth-order valence-corrected chi connectivity index (χ4v) is 1.69. The number of carbonyl (C=O) groups excluding carboxylic acids is 1. The molecule has 0 atom stereocenters. The first-order valence-corrected chi connectivity index (χ1v) is 5.79. The molecule has 0 bridgehead atoms. The molecule has 0 unspecified atom stereocenters. The number of benzene rings is 1. The second-order valence-electron chi connectivity index (χ2n) is 4.27. The lowest BCUT2D eigenvalue weighted by Gasteiger charge is -2.16. The number of carbonyl (C=O) groups is 1. The maximum absolute atomic E-state index is 11.8. The smallest absolute Gasteiger partial charge is 0.223 e. The van der Waals surface area contributed by atoms with E-state index in [1.807, 2.05) is 31.2 Å². The highest BCUT2D eigenvalue weighted by atomic mass is 16.4. The molecule has 1 rings (SSSR count). The van der Waals surface area contributed by atoms with Gasteiger partial charge < -0.3 is 15.8 Å². The zero-order valence-corrected chi connectivity index (χ0v) is 10.8. The monoisotopic (exact) mass is 249 g/mol. The highest BCUT2D eigenvalue weighted by Gasteiger charge is 2.10. The molecule has 0 aliphatic rings. The Kier molecular flexibility index (Phi) is 5.17. The summed E-state index contributed by atoms with van der Waals surface area (Å²) in [6.45, 7) is 2.17. The molecule has 0 aromatic heterocycles. The van der Waals surface area contributed by atoms with Crippen molar-refractivity contribution in [3.63, 3.8) is 0 Å². The van der Waals surface area contributed by atoms with Crippen LogP contribution in [0.2, 0.25) is 0 Å². The number of hydrogen-bond acceptors (Lipinski definition) is 3. The highest BCUT2D eigenvalue weighted by Crippen LogP contribution is 2.10. The normalized spacial score (nSPS) is 11.3. The minimum Gasteiger partial charge on any atom is -0.409 e. The molecular weight excluding hydrogens is 230 g/mol. The van der Waals surface area contributed by atoms with Crippen LogP contribution in [0.4, 0.5) is 0 Å². The molecule has 3 N–H and O–H groups in total. The lowest BCUT2D eigenvalue weighted by Crippen LogP contribution is -2.35. The van der Waals surface area contributed by atoms with Gasteiger partial charge in [0.2, 0.25) is 5.91 Å². The van der Waals surface area contributed by atoms with Gasteiger partial charge in [-0.1, -0.05) is 29.4 Å². The predicted octanol–water partition coefficient (Wildman–Crippen LogP) is 1.13. The average molecular weight is 249 g/mol. The second kappa shape index (κ2) is 6.64. The zero-order valence-electron chi connectivity index (χ0n) is 10.8. The number of amidine groups is 1. The van der Waals surface area contributed by atoms with Crippen LogP contribution in [0, 0.1) is 6.92 Å². The molecule has 5 heteroatoms. The van der Waals surface area contributed by atoms with E-state index in [-0.39, 0.29) is 18.3 Å². The number of rotatable bonds is 5. The molecule has 98 valence electrons. The summed E-state index contributed by atoms with van der Waals surface area (Å²) in [6, 6.07) is 7.99. The first-order valence-electron chi connectivity index (χ1n) is 5.79. The van der Waals surface area contributed by atoms with Crippen LogP contribution < -0.4 is 5.73 Å². The molecule has 0 spiro atoms. The van der Waals surface area contributed by atoms with Crippen molar-refractivity contribution in [3.8, 4) is 0 Å². The lowest BCUT2D eigenvalue weighted by molar-refractivity contribution is -0.129. The third kappa shape index (κ3) is 4.08. The van der Waals surface area contributed by atoms with E-state index < -0.39 is 0 Å². The topological polar surface area (TPSA) is 78.9 Å². The average Bonchev–Trinajstić information content (AvgIpc) is 2.37. The first-order chi connectivity index (χ1) is 8.54. The summed E-state index contributed by atoms with van der Waals surface area (Å²) < 4.78 is 0. The van der Waals surface area contributed by atoms with Crippen molar-refractivity contribution in [3.05, 3.63) is 35.4 Å². The second-order valence-corrected chi connectivity index (χ2v) is 4.27. The Balaban J connectivity index is 2.49. The Morgan fingerprint density at radius 1 is 1.44 bits per heavy atom. The zero-order chi connectivity index (χ0) is 13.5. The molecule has 0 fully saturated rings. The van der Waals surface area contributed by atoms with E-state index >= 15 is 0 Å². The summed E-state index contributed by atoms with van der Waals surface area (Å²) in [4.78, 5) is 13.3. The molecule has 18 heavy (non-hydrogen) atoms. The van der Waals surface area contributed by atoms with Gasteiger partial charge in [0.05, 0.1) is 6.54 Å². The summed E-state index contributed by atoms with van der Waals surface area (Å²) >= 11 is 0. The summed E-state index contributed by atoms with van der Waals surface area (Å²) in [5.41, 5.74) is 7.70. The number of nitrogens with two attached hydrogens (primary N) is 1. The minimum atomic E-state index is -0.0233. The van der Waals surface area contributed by atoms with E-state index in [0.717, 1.165) is 0 Å². The van der Waals surface area contributed by atoms with Crippen LogP contribution >= 0.6 is 0 Å². The maximum atomic E-state index is 11.8. The Morgan fingerprint density at radius 3 is 2.72 bits per heavy atom. The third-order valence-electron chi connectivity index (χ3n) is 2.82. The Labute approximate surface area is 107 Å². The molecule has 1 amide bonds. The van der Waals surface area contributed by atoms with E-state index in [9.17, 15) is 4.79 Å². The van der Waals surface area contributed by atoms with E-state index in [1.54, 1.807) is 7.05 Å². The summed E-state index contributed by atoms with van der Waals surface area (Å²) in [5.74, 6) is 0.00611. The molecular formula is C13H19N3O2. The Morgan fingerprint density at radius 2 is 2.11 bits per heavy atom. The van der Waals surface area contributed by atoms with Crippen molar-refractivity contribution in [1.82, 2.24) is 4.90 Å². The van der Waals surface area contributed by atoms with E-state index in [2.05, 4.69) is 5.16 Å². The fraction of sp³-hybridized carbons (Fsp3) is 0.385. The van der Waals surface area contributed by atoms with Gasteiger partial charge in [-0.05, 0) is 24.5 Å². The molecule has 0 saturated carbocycles. The van der Waals surface area contributed by atoms with Gasteiger partial charge in [0.25, 0.3) is 0 Å². The Bertz CT molecular complexity index is 444. The molecule has 0 heterocycles. The van der Waals surface area contributed by atoms with Gasteiger partial charge in [-0.25, -0.2) is 0 Å². The SMILES string of the molecule is Cc1ccccc1CCC(=O)N(C)CC(N)=NO. The van der Waals surface area contributed by atoms with Gasteiger partial charge >= 0.3 is 0 Å². The van der Waals surface area contributed by atoms with Crippen molar-refractivity contribution in [2.24, 2.45) is 10.9 Å². The highest BCUT2D eigenvalue weighted by molar-refractivity contribution is 5.86. The van der Waals surface area contributed by atoms with E-state index in [1.165, 1.54) is 16.0 Å². The van der Waals surface area contributed by atoms with Crippen molar-refractivity contribution in [2.45, 2.75) is 19.8 Å². The molecule has 5 nitrogen and oxygen atoms in total. The number of amides is 1. The van der Waals surface area contributed by atoms with E-state index in [0.29, 0.717) is 12.8 Å². The largest absolute Gasteiger partial charge is 0.409 e. The number of oxime groups is 1. The van der Waals surface area contributed by atoms with Crippen LogP contribution in [0.25, 0.3) is 0 Å². The molecule has 0 radical (unpaired) electrons. The van der Waals surface area contributed by atoms with Crippen LogP contribution in [0.15, 0.2) is 29.4 Å². The van der Waals surface area contributed by atoms with Crippen LogP contribution in [-0.2, 0) is 11.2 Å². The van der Waals surface area contributed by atoms with Crippen LogP contribution in [0.5, 0.6) is 0 Å². The summed E-state index contributed by atoms with van der Waals surface area (Å²) in [5, 5.41) is 11.3. The van der Waals surface area contributed by atoms with Gasteiger partial charge in [0.15, 0.2) is 5.84 Å². The predicted molar refractivity (Wildman–Crippen MR) is 70.5 cm³/mol. The van der Waals surface area contributed by atoms with Gasteiger partial charge in [0.1, 0.15) is 0 Å². The number of likely N-dealkylation sites (N-methyl/N-ethyl adjacent to an activating group) is 1. The maximum Gasteiger partial charge on any atom is 0.223 e. The quantitative estimate of drug-likeness (QED) is 0.355. The lowest BCUT2D eigenvalue weighted by atomic mass is 10.0. The van der Waals surface area contributed by atoms with E-state index in [4.69, 9.17) is 10.9 Å². The summed E-state index contributed by atoms with van der Waals surface area (Å²) in [7, 11) is 1.64. The number of aryl methyl sites for hydroxylation is 2. The van der Waals surface area contributed by atoms with Gasteiger partial charge in [-0.15, -0.1) is 0 Å². The minimum absolute atomic E-state index is 0.0233. The van der Waals surface area contributed by atoms with Gasteiger partial charge in [-0.3, -0.25) is 4.79 Å².